The second-order valence-corrected chi connectivity index (χ2v) is 6.75. The molecular weight excluding hydrogens is 351 g/mol. The van der Waals surface area contributed by atoms with Gasteiger partial charge in [-0.3, -0.25) is 4.79 Å². The molecule has 5 nitrogen and oxygen atoms in total. The number of hydrogen-bond donors (Lipinski definition) is 2. The normalized spacial score (nSPS) is 21.0. The zero-order valence-corrected chi connectivity index (χ0v) is 15.3. The van der Waals surface area contributed by atoms with E-state index in [1.807, 2.05) is 6.07 Å². The standard InChI is InChI=1S/C17H23ClN2O3.ClH/c1-22-8-9-23-15-3-2-12(10-14(15)18)20-16(21)13-11-17(13)4-6-19-7-5-17;/h2-3,10,13,19H,4-9,11H2,1H3,(H,20,21);1H. The van der Waals surface area contributed by atoms with E-state index in [2.05, 4.69) is 10.6 Å². The molecule has 2 N–H and O–H groups in total. The highest BCUT2D eigenvalue weighted by Gasteiger charge is 2.57. The molecule has 0 aromatic heterocycles. The van der Waals surface area contributed by atoms with Crippen molar-refractivity contribution in [1.82, 2.24) is 5.32 Å². The average molecular weight is 375 g/mol. The fraction of sp³-hybridized carbons (Fsp3) is 0.588. The Balaban J connectivity index is 0.00000208. The van der Waals surface area contributed by atoms with Gasteiger partial charge < -0.3 is 20.1 Å². The van der Waals surface area contributed by atoms with Gasteiger partial charge in [-0.25, -0.2) is 0 Å². The number of halogens is 2. The fourth-order valence-corrected chi connectivity index (χ4v) is 3.59. The second kappa shape index (κ2) is 8.39. The summed E-state index contributed by atoms with van der Waals surface area (Å²) in [6, 6.07) is 5.34. The van der Waals surface area contributed by atoms with Gasteiger partial charge in [-0.15, -0.1) is 12.4 Å². The van der Waals surface area contributed by atoms with Gasteiger partial charge in [-0.05, 0) is 56.0 Å². The molecule has 2 fully saturated rings. The summed E-state index contributed by atoms with van der Waals surface area (Å²) in [6.45, 7) is 2.99. The first-order valence-electron chi connectivity index (χ1n) is 8.07. The maximum Gasteiger partial charge on any atom is 0.228 e. The van der Waals surface area contributed by atoms with Gasteiger partial charge in [0, 0.05) is 18.7 Å². The van der Waals surface area contributed by atoms with Crippen molar-refractivity contribution in [2.24, 2.45) is 11.3 Å². The maximum atomic E-state index is 12.4. The third-order valence-corrected chi connectivity index (χ3v) is 5.15. The Labute approximate surface area is 153 Å². The SMILES string of the molecule is COCCOc1ccc(NC(=O)C2CC23CCNCC3)cc1Cl.Cl. The smallest absolute Gasteiger partial charge is 0.228 e. The number of anilines is 1. The molecule has 1 unspecified atom stereocenters. The van der Waals surface area contributed by atoms with Gasteiger partial charge in [0.15, 0.2) is 0 Å². The summed E-state index contributed by atoms with van der Waals surface area (Å²) in [7, 11) is 1.62. The number of methoxy groups -OCH3 is 1. The molecule has 7 heteroatoms. The van der Waals surface area contributed by atoms with Crippen molar-refractivity contribution < 1.29 is 14.3 Å². The van der Waals surface area contributed by atoms with Crippen LogP contribution in [0.1, 0.15) is 19.3 Å². The Morgan fingerprint density at radius 2 is 2.12 bits per heavy atom. The molecule has 1 amide bonds. The van der Waals surface area contributed by atoms with Crippen molar-refractivity contribution in [3.63, 3.8) is 0 Å². The Kier molecular flexibility index (Phi) is 6.75. The van der Waals surface area contributed by atoms with Crippen molar-refractivity contribution in [1.29, 1.82) is 0 Å². The summed E-state index contributed by atoms with van der Waals surface area (Å²) in [6.07, 6.45) is 3.20. The highest BCUT2D eigenvalue weighted by Crippen LogP contribution is 2.58. The van der Waals surface area contributed by atoms with E-state index in [9.17, 15) is 4.79 Å². The van der Waals surface area contributed by atoms with Crippen LogP contribution >= 0.6 is 24.0 Å². The molecule has 24 heavy (non-hydrogen) atoms. The highest BCUT2D eigenvalue weighted by atomic mass is 35.5. The third-order valence-electron chi connectivity index (χ3n) is 4.85. The molecule has 0 radical (unpaired) electrons. The van der Waals surface area contributed by atoms with Crippen LogP contribution in [0.2, 0.25) is 5.02 Å². The predicted octanol–water partition coefficient (Wildman–Crippen LogP) is 3.12. The summed E-state index contributed by atoms with van der Waals surface area (Å²) < 4.78 is 10.4. The van der Waals surface area contributed by atoms with Crippen LogP contribution in [0.15, 0.2) is 18.2 Å². The molecule has 3 rings (SSSR count). The molecule has 1 saturated carbocycles. The monoisotopic (exact) mass is 374 g/mol. The van der Waals surface area contributed by atoms with Crippen LogP contribution in [0.4, 0.5) is 5.69 Å². The number of piperidine rings is 1. The number of carbonyl (C=O) groups is 1. The molecule has 1 aromatic rings. The number of carbonyl (C=O) groups excluding carboxylic acids is 1. The molecule has 1 heterocycles. The zero-order chi connectivity index (χ0) is 16.3. The maximum absolute atomic E-state index is 12.4. The van der Waals surface area contributed by atoms with Crippen molar-refractivity contribution in [3.05, 3.63) is 23.2 Å². The van der Waals surface area contributed by atoms with Crippen molar-refractivity contribution in [3.8, 4) is 5.75 Å². The molecule has 1 aromatic carbocycles. The summed E-state index contributed by atoms with van der Waals surface area (Å²) in [5.74, 6) is 0.847. The first kappa shape index (κ1) is 19.3. The van der Waals surface area contributed by atoms with E-state index in [4.69, 9.17) is 21.1 Å². The van der Waals surface area contributed by atoms with Crippen LogP contribution in [0, 0.1) is 11.3 Å². The van der Waals surface area contributed by atoms with Crippen LogP contribution in [-0.4, -0.2) is 39.3 Å². The molecule has 1 spiro atoms. The lowest BCUT2D eigenvalue weighted by molar-refractivity contribution is -0.118. The van der Waals surface area contributed by atoms with Crippen LogP contribution in [0.5, 0.6) is 5.75 Å². The number of amides is 1. The Morgan fingerprint density at radius 3 is 2.79 bits per heavy atom. The quantitative estimate of drug-likeness (QED) is 0.751. The van der Waals surface area contributed by atoms with Gasteiger partial charge in [-0.2, -0.15) is 0 Å². The third kappa shape index (κ3) is 4.33. The van der Waals surface area contributed by atoms with Gasteiger partial charge >= 0.3 is 0 Å². The van der Waals surface area contributed by atoms with Gasteiger partial charge in [-0.1, -0.05) is 11.6 Å². The first-order chi connectivity index (χ1) is 11.1. The van der Waals surface area contributed by atoms with Crippen molar-refractivity contribution >= 4 is 35.6 Å². The van der Waals surface area contributed by atoms with E-state index in [-0.39, 0.29) is 29.6 Å². The number of hydrogen-bond acceptors (Lipinski definition) is 4. The molecule has 134 valence electrons. The van der Waals surface area contributed by atoms with Crippen LogP contribution in [0.25, 0.3) is 0 Å². The fourth-order valence-electron chi connectivity index (χ4n) is 3.36. The average Bonchev–Trinajstić information content (AvgIpc) is 3.23. The van der Waals surface area contributed by atoms with Crippen LogP contribution in [-0.2, 0) is 9.53 Å². The number of ether oxygens (including phenoxy) is 2. The molecule has 1 aliphatic carbocycles. The molecule has 1 aliphatic heterocycles. The minimum Gasteiger partial charge on any atom is -0.490 e. The lowest BCUT2D eigenvalue weighted by atomic mass is 9.92. The van der Waals surface area contributed by atoms with Gasteiger partial charge in [0.2, 0.25) is 5.91 Å². The van der Waals surface area contributed by atoms with E-state index in [0.717, 1.165) is 38.0 Å². The van der Waals surface area contributed by atoms with E-state index < -0.39 is 0 Å². The van der Waals surface area contributed by atoms with Crippen molar-refractivity contribution in [2.45, 2.75) is 19.3 Å². The van der Waals surface area contributed by atoms with Crippen molar-refractivity contribution in [2.75, 3.05) is 38.7 Å². The number of rotatable bonds is 6. The zero-order valence-electron chi connectivity index (χ0n) is 13.8. The van der Waals surface area contributed by atoms with Crippen LogP contribution < -0.4 is 15.4 Å². The minimum atomic E-state index is 0. The largest absolute Gasteiger partial charge is 0.490 e. The molecular formula is C17H24Cl2N2O3. The van der Waals surface area contributed by atoms with Crippen LogP contribution in [0.3, 0.4) is 0 Å². The number of benzene rings is 1. The van der Waals surface area contributed by atoms with E-state index in [1.54, 1.807) is 19.2 Å². The molecule has 1 saturated heterocycles. The van der Waals surface area contributed by atoms with Gasteiger partial charge in [0.05, 0.1) is 11.6 Å². The lowest BCUT2D eigenvalue weighted by Crippen LogP contribution is -2.31. The van der Waals surface area contributed by atoms with E-state index >= 15 is 0 Å². The molecule has 2 aliphatic rings. The number of nitrogens with one attached hydrogen (secondary N) is 2. The molecule has 1 atom stereocenters. The summed E-state index contributed by atoms with van der Waals surface area (Å²) in [5.41, 5.74) is 0.956. The van der Waals surface area contributed by atoms with E-state index in [1.165, 1.54) is 0 Å². The summed E-state index contributed by atoms with van der Waals surface area (Å²) in [5, 5.41) is 6.83. The Morgan fingerprint density at radius 1 is 1.38 bits per heavy atom. The first-order valence-corrected chi connectivity index (χ1v) is 8.45. The van der Waals surface area contributed by atoms with E-state index in [0.29, 0.717) is 24.0 Å². The highest BCUT2D eigenvalue weighted by molar-refractivity contribution is 6.32. The lowest BCUT2D eigenvalue weighted by Gasteiger charge is -2.23. The Hall–Kier alpha value is -1.01. The van der Waals surface area contributed by atoms with Gasteiger partial charge in [0.1, 0.15) is 12.4 Å². The topological polar surface area (TPSA) is 59.6 Å². The molecule has 0 bridgehead atoms. The second-order valence-electron chi connectivity index (χ2n) is 6.34. The Bertz CT molecular complexity index is 577. The minimum absolute atomic E-state index is 0. The summed E-state index contributed by atoms with van der Waals surface area (Å²) in [4.78, 5) is 12.4. The predicted molar refractivity (Wildman–Crippen MR) is 97.3 cm³/mol. The summed E-state index contributed by atoms with van der Waals surface area (Å²) >= 11 is 6.20. The van der Waals surface area contributed by atoms with Gasteiger partial charge in [0.25, 0.3) is 0 Å².